The molecule has 1 aromatic carbocycles. The zero-order chi connectivity index (χ0) is 16.8. The maximum atomic E-state index is 12.1. The van der Waals surface area contributed by atoms with Crippen LogP contribution in [-0.2, 0) is 9.53 Å². The van der Waals surface area contributed by atoms with Gasteiger partial charge in [0.15, 0.2) is 0 Å². The van der Waals surface area contributed by atoms with Gasteiger partial charge in [-0.2, -0.15) is 0 Å². The van der Waals surface area contributed by atoms with Crippen molar-refractivity contribution in [1.29, 1.82) is 0 Å². The number of amides is 1. The van der Waals surface area contributed by atoms with Crippen LogP contribution in [-0.4, -0.2) is 62.8 Å². The van der Waals surface area contributed by atoms with E-state index in [-0.39, 0.29) is 12.0 Å². The monoisotopic (exact) mass is 331 g/mol. The normalized spacial score (nSPS) is 22.5. The summed E-state index contributed by atoms with van der Waals surface area (Å²) in [6, 6.07) is 11.1. The molecule has 5 heteroatoms. The average molecular weight is 331 g/mol. The summed E-state index contributed by atoms with van der Waals surface area (Å²) in [5.41, 5.74) is 1.27. The average Bonchev–Trinajstić information content (AvgIpc) is 3.14. The van der Waals surface area contributed by atoms with Crippen molar-refractivity contribution in [2.45, 2.75) is 37.8 Å². The molecule has 24 heavy (non-hydrogen) atoms. The van der Waals surface area contributed by atoms with E-state index in [2.05, 4.69) is 52.5 Å². The van der Waals surface area contributed by atoms with Gasteiger partial charge in [0.25, 0.3) is 0 Å². The first-order chi connectivity index (χ1) is 11.7. The number of hydrogen-bond donors (Lipinski definition) is 1. The largest absolute Gasteiger partial charge is 0.376 e. The summed E-state index contributed by atoms with van der Waals surface area (Å²) in [6.07, 6.45) is 4.61. The second-order valence-electron chi connectivity index (χ2n) is 6.89. The molecule has 2 saturated heterocycles. The third kappa shape index (κ3) is 4.71. The smallest absolute Gasteiger partial charge is 0.234 e. The van der Waals surface area contributed by atoms with Crippen molar-refractivity contribution >= 4 is 11.6 Å². The minimum atomic E-state index is 0.125. The molecule has 1 unspecified atom stereocenters. The number of carbonyl (C=O) groups excluding carboxylic acids is 1. The molecule has 0 radical (unpaired) electrons. The lowest BCUT2D eigenvalue weighted by Crippen LogP contribution is -2.47. The van der Waals surface area contributed by atoms with Gasteiger partial charge in [-0.1, -0.05) is 18.2 Å². The van der Waals surface area contributed by atoms with Crippen LogP contribution in [0.25, 0.3) is 0 Å². The van der Waals surface area contributed by atoms with Crippen LogP contribution in [0.5, 0.6) is 0 Å². The summed E-state index contributed by atoms with van der Waals surface area (Å²) < 4.78 is 5.54. The summed E-state index contributed by atoms with van der Waals surface area (Å²) in [4.78, 5) is 16.7. The van der Waals surface area contributed by atoms with Crippen molar-refractivity contribution in [2.24, 2.45) is 0 Å². The van der Waals surface area contributed by atoms with E-state index in [0.29, 0.717) is 19.1 Å². The van der Waals surface area contributed by atoms with Gasteiger partial charge in [0.2, 0.25) is 5.91 Å². The molecule has 0 saturated carbocycles. The number of piperidine rings is 1. The molecule has 1 amide bonds. The molecule has 2 aliphatic rings. The zero-order valence-electron chi connectivity index (χ0n) is 14.6. The van der Waals surface area contributed by atoms with E-state index in [9.17, 15) is 4.79 Å². The predicted molar refractivity (Wildman–Crippen MR) is 96.3 cm³/mol. The van der Waals surface area contributed by atoms with Crippen LogP contribution in [0.1, 0.15) is 25.7 Å². The number of benzene rings is 1. The van der Waals surface area contributed by atoms with E-state index in [1.165, 1.54) is 5.69 Å². The van der Waals surface area contributed by atoms with Crippen LogP contribution < -0.4 is 10.2 Å². The zero-order valence-corrected chi connectivity index (χ0v) is 14.6. The van der Waals surface area contributed by atoms with E-state index in [1.54, 1.807) is 0 Å². The van der Waals surface area contributed by atoms with Gasteiger partial charge >= 0.3 is 0 Å². The van der Waals surface area contributed by atoms with Gasteiger partial charge in [0, 0.05) is 45.0 Å². The Morgan fingerprint density at radius 3 is 2.67 bits per heavy atom. The van der Waals surface area contributed by atoms with Gasteiger partial charge in [-0.3, -0.25) is 9.69 Å². The molecule has 0 aromatic heterocycles. The fourth-order valence-electron chi connectivity index (χ4n) is 3.63. The lowest BCUT2D eigenvalue weighted by atomic mass is 10.0. The standard InChI is InChI=1S/C19H29N3O2/c1-21(16-6-3-2-4-7-16)17-9-11-22(12-10-17)15-19(23)20-14-18-8-5-13-24-18/h2-4,6-7,17-18H,5,8-15H2,1H3,(H,20,23). The van der Waals surface area contributed by atoms with Crippen LogP contribution in [0.15, 0.2) is 30.3 Å². The molecule has 1 atom stereocenters. The van der Waals surface area contributed by atoms with Crippen LogP contribution in [0.2, 0.25) is 0 Å². The minimum Gasteiger partial charge on any atom is -0.376 e. The van der Waals surface area contributed by atoms with E-state index >= 15 is 0 Å². The molecule has 0 spiro atoms. The Bertz CT molecular complexity index is 509. The third-order valence-electron chi connectivity index (χ3n) is 5.19. The molecule has 2 heterocycles. The Morgan fingerprint density at radius 1 is 1.25 bits per heavy atom. The second-order valence-corrected chi connectivity index (χ2v) is 6.89. The molecule has 2 aliphatic heterocycles. The van der Waals surface area contributed by atoms with Crippen LogP contribution in [0.3, 0.4) is 0 Å². The molecule has 0 bridgehead atoms. The highest BCUT2D eigenvalue weighted by molar-refractivity contribution is 5.78. The summed E-state index contributed by atoms with van der Waals surface area (Å²) in [5.74, 6) is 0.125. The number of ether oxygens (including phenoxy) is 1. The Hall–Kier alpha value is -1.59. The number of rotatable bonds is 6. The van der Waals surface area contributed by atoms with Gasteiger partial charge in [-0.05, 0) is 37.8 Å². The van der Waals surface area contributed by atoms with Gasteiger partial charge in [-0.15, -0.1) is 0 Å². The summed E-state index contributed by atoms with van der Waals surface area (Å²) >= 11 is 0. The number of para-hydroxylation sites is 1. The minimum absolute atomic E-state index is 0.125. The summed E-state index contributed by atoms with van der Waals surface area (Å²) in [5, 5.41) is 3.02. The van der Waals surface area contributed by atoms with Gasteiger partial charge in [-0.25, -0.2) is 0 Å². The first-order valence-corrected chi connectivity index (χ1v) is 9.11. The first-order valence-electron chi connectivity index (χ1n) is 9.11. The van der Waals surface area contributed by atoms with Crippen LogP contribution in [0, 0.1) is 0 Å². The number of nitrogens with one attached hydrogen (secondary N) is 1. The molecule has 1 aromatic rings. The second kappa shape index (κ2) is 8.49. The summed E-state index contributed by atoms with van der Waals surface area (Å²) in [7, 11) is 2.17. The van der Waals surface area contributed by atoms with Crippen molar-refractivity contribution in [3.8, 4) is 0 Å². The number of hydrogen-bond acceptors (Lipinski definition) is 4. The first kappa shape index (κ1) is 17.2. The van der Waals surface area contributed by atoms with Crippen molar-refractivity contribution in [3.63, 3.8) is 0 Å². The van der Waals surface area contributed by atoms with Crippen molar-refractivity contribution < 1.29 is 9.53 Å². The highest BCUT2D eigenvalue weighted by atomic mass is 16.5. The predicted octanol–water partition coefficient (Wildman–Crippen LogP) is 1.88. The maximum absolute atomic E-state index is 12.1. The molecular formula is C19H29N3O2. The number of likely N-dealkylation sites (tertiary alicyclic amines) is 1. The fraction of sp³-hybridized carbons (Fsp3) is 0.632. The lowest BCUT2D eigenvalue weighted by Gasteiger charge is -2.37. The third-order valence-corrected chi connectivity index (χ3v) is 5.19. The highest BCUT2D eigenvalue weighted by Gasteiger charge is 2.24. The molecule has 5 nitrogen and oxygen atoms in total. The van der Waals surface area contributed by atoms with E-state index in [0.717, 1.165) is 45.4 Å². The van der Waals surface area contributed by atoms with Crippen molar-refractivity contribution in [3.05, 3.63) is 30.3 Å². The lowest BCUT2D eigenvalue weighted by molar-refractivity contribution is -0.123. The molecule has 2 fully saturated rings. The topological polar surface area (TPSA) is 44.8 Å². The number of nitrogens with zero attached hydrogens (tertiary/aromatic N) is 2. The van der Waals surface area contributed by atoms with Gasteiger partial charge < -0.3 is 15.0 Å². The SMILES string of the molecule is CN(c1ccccc1)C1CCN(CC(=O)NCC2CCCO2)CC1. The fourth-order valence-corrected chi connectivity index (χ4v) is 3.63. The molecule has 132 valence electrons. The Labute approximate surface area is 145 Å². The quantitative estimate of drug-likeness (QED) is 0.864. The van der Waals surface area contributed by atoms with E-state index < -0.39 is 0 Å². The molecule has 0 aliphatic carbocycles. The van der Waals surface area contributed by atoms with Crippen LogP contribution in [0.4, 0.5) is 5.69 Å². The van der Waals surface area contributed by atoms with Crippen molar-refractivity contribution in [1.82, 2.24) is 10.2 Å². The summed E-state index contributed by atoms with van der Waals surface area (Å²) in [6.45, 7) is 3.97. The Morgan fingerprint density at radius 2 is 2.00 bits per heavy atom. The van der Waals surface area contributed by atoms with Gasteiger partial charge in [0.1, 0.15) is 0 Å². The number of anilines is 1. The van der Waals surface area contributed by atoms with E-state index in [4.69, 9.17) is 4.74 Å². The maximum Gasteiger partial charge on any atom is 0.234 e. The van der Waals surface area contributed by atoms with Crippen LogP contribution >= 0.6 is 0 Å². The van der Waals surface area contributed by atoms with Crippen molar-refractivity contribution in [2.75, 3.05) is 44.7 Å². The Kier molecular flexibility index (Phi) is 6.10. The van der Waals surface area contributed by atoms with Gasteiger partial charge in [0.05, 0.1) is 12.6 Å². The molecular weight excluding hydrogens is 302 g/mol. The number of carbonyl (C=O) groups is 1. The Balaban J connectivity index is 1.37. The molecule has 1 N–H and O–H groups in total. The highest BCUT2D eigenvalue weighted by Crippen LogP contribution is 2.21. The van der Waals surface area contributed by atoms with E-state index in [1.807, 2.05) is 0 Å². The molecule has 3 rings (SSSR count).